The van der Waals surface area contributed by atoms with Gasteiger partial charge >= 0.3 is 5.97 Å². The number of ether oxygens (including phenoxy) is 1. The normalized spacial score (nSPS) is 11.0. The molecule has 0 saturated carbocycles. The Labute approximate surface area is 118 Å². The third-order valence-corrected chi connectivity index (χ3v) is 2.73. The monoisotopic (exact) mass is 288 g/mol. The molecular formula is C13H12N4O4. The van der Waals surface area contributed by atoms with Crippen molar-refractivity contribution < 1.29 is 19.2 Å². The molecule has 1 aromatic carbocycles. The van der Waals surface area contributed by atoms with E-state index >= 15 is 0 Å². The predicted molar refractivity (Wildman–Crippen MR) is 70.5 cm³/mol. The van der Waals surface area contributed by atoms with Crippen molar-refractivity contribution in [1.29, 1.82) is 0 Å². The van der Waals surface area contributed by atoms with Crippen LogP contribution in [-0.2, 0) is 22.6 Å². The molecule has 0 atom stereocenters. The maximum absolute atomic E-state index is 10.3. The number of benzene rings is 1. The van der Waals surface area contributed by atoms with Crippen molar-refractivity contribution in [2.24, 2.45) is 0 Å². The lowest BCUT2D eigenvalue weighted by Crippen LogP contribution is -2.06. The lowest BCUT2D eigenvalue weighted by atomic mass is 10.3. The van der Waals surface area contributed by atoms with Crippen molar-refractivity contribution in [3.63, 3.8) is 0 Å². The summed E-state index contributed by atoms with van der Waals surface area (Å²) in [6, 6.07) is 7.69. The molecule has 8 nitrogen and oxygen atoms in total. The number of fused-ring (bicyclic) bond motifs is 1. The molecule has 0 saturated heterocycles. The Morgan fingerprint density at radius 1 is 1.33 bits per heavy atom. The topological polar surface area (TPSA) is 114 Å². The van der Waals surface area contributed by atoms with E-state index < -0.39 is 12.6 Å². The number of carboxylic acids is 1. The highest BCUT2D eigenvalue weighted by atomic mass is 16.5. The standard InChI is InChI=1S/C13H12N4O4/c18-13(19)7-20-6-12-16-11(17-21-12)5-10-14-8-3-1-2-4-9(8)15-10/h1-4H,5-7H2,(H,14,15)(H,18,19). The number of para-hydroxylation sites is 2. The van der Waals surface area contributed by atoms with Gasteiger partial charge in [0, 0.05) is 0 Å². The lowest BCUT2D eigenvalue weighted by Gasteiger charge is -1.94. The number of nitrogens with one attached hydrogen (secondary N) is 1. The van der Waals surface area contributed by atoms with E-state index in [0.29, 0.717) is 12.2 Å². The summed E-state index contributed by atoms with van der Waals surface area (Å²) >= 11 is 0. The first kappa shape index (κ1) is 13.3. The first-order valence-electron chi connectivity index (χ1n) is 6.25. The number of imidazole rings is 1. The van der Waals surface area contributed by atoms with Gasteiger partial charge in [0.25, 0.3) is 5.89 Å². The van der Waals surface area contributed by atoms with Gasteiger partial charge in [-0.2, -0.15) is 4.98 Å². The van der Waals surface area contributed by atoms with Crippen LogP contribution in [0.15, 0.2) is 28.8 Å². The SMILES string of the molecule is O=C(O)COCc1nc(Cc2nc3ccccc3[nH]2)no1. The number of aromatic amines is 1. The van der Waals surface area contributed by atoms with E-state index in [1.807, 2.05) is 24.3 Å². The van der Waals surface area contributed by atoms with Gasteiger partial charge in [0.15, 0.2) is 5.82 Å². The first-order valence-corrected chi connectivity index (χ1v) is 6.25. The fourth-order valence-corrected chi connectivity index (χ4v) is 1.89. The Bertz CT molecular complexity index is 731. The summed E-state index contributed by atoms with van der Waals surface area (Å²) in [4.78, 5) is 22.0. The van der Waals surface area contributed by atoms with Gasteiger partial charge in [0.2, 0.25) is 0 Å². The fourth-order valence-electron chi connectivity index (χ4n) is 1.89. The highest BCUT2D eigenvalue weighted by molar-refractivity contribution is 5.74. The minimum Gasteiger partial charge on any atom is -0.480 e. The second-order valence-electron chi connectivity index (χ2n) is 4.37. The second-order valence-corrected chi connectivity index (χ2v) is 4.37. The van der Waals surface area contributed by atoms with Crippen LogP contribution in [0.3, 0.4) is 0 Å². The molecule has 0 aliphatic rings. The summed E-state index contributed by atoms with van der Waals surface area (Å²) in [5.74, 6) is 0.386. The summed E-state index contributed by atoms with van der Waals surface area (Å²) in [5, 5.41) is 12.3. The molecular weight excluding hydrogens is 276 g/mol. The number of aromatic nitrogens is 4. The fraction of sp³-hybridized carbons (Fsp3) is 0.231. The lowest BCUT2D eigenvalue weighted by molar-refractivity contribution is -0.142. The Hall–Kier alpha value is -2.74. The maximum atomic E-state index is 10.3. The molecule has 0 unspecified atom stereocenters. The number of aliphatic carboxylic acids is 1. The number of carboxylic acid groups (broad SMARTS) is 1. The van der Waals surface area contributed by atoms with Crippen LogP contribution < -0.4 is 0 Å². The minimum absolute atomic E-state index is 0.0283. The summed E-state index contributed by atoms with van der Waals surface area (Å²) < 4.78 is 9.85. The first-order chi connectivity index (χ1) is 10.2. The van der Waals surface area contributed by atoms with Crippen LogP contribution >= 0.6 is 0 Å². The van der Waals surface area contributed by atoms with E-state index in [9.17, 15) is 4.79 Å². The van der Waals surface area contributed by atoms with Crippen LogP contribution in [0, 0.1) is 0 Å². The van der Waals surface area contributed by atoms with Crippen LogP contribution in [0.25, 0.3) is 11.0 Å². The van der Waals surface area contributed by atoms with Crippen molar-refractivity contribution in [2.45, 2.75) is 13.0 Å². The van der Waals surface area contributed by atoms with Crippen molar-refractivity contribution in [1.82, 2.24) is 20.1 Å². The molecule has 0 spiro atoms. The molecule has 108 valence electrons. The van der Waals surface area contributed by atoms with Gasteiger partial charge in [0.1, 0.15) is 19.0 Å². The van der Waals surface area contributed by atoms with E-state index in [-0.39, 0.29) is 12.5 Å². The number of H-pyrrole nitrogens is 1. The van der Waals surface area contributed by atoms with E-state index in [2.05, 4.69) is 20.1 Å². The number of hydrogen-bond acceptors (Lipinski definition) is 6. The zero-order chi connectivity index (χ0) is 14.7. The van der Waals surface area contributed by atoms with Crippen molar-refractivity contribution in [3.8, 4) is 0 Å². The Morgan fingerprint density at radius 3 is 3.00 bits per heavy atom. The largest absolute Gasteiger partial charge is 0.480 e. The molecule has 3 aromatic rings. The van der Waals surface area contributed by atoms with Crippen LogP contribution in [0.1, 0.15) is 17.5 Å². The Balaban J connectivity index is 1.65. The molecule has 0 aliphatic heterocycles. The molecule has 0 amide bonds. The van der Waals surface area contributed by atoms with Crippen LogP contribution in [0.4, 0.5) is 0 Å². The molecule has 0 aliphatic carbocycles. The average Bonchev–Trinajstić information content (AvgIpc) is 3.04. The summed E-state index contributed by atoms with van der Waals surface area (Å²) in [6.45, 7) is -0.430. The second kappa shape index (κ2) is 5.71. The quantitative estimate of drug-likeness (QED) is 0.698. The third kappa shape index (κ3) is 3.23. The Morgan fingerprint density at radius 2 is 2.19 bits per heavy atom. The molecule has 21 heavy (non-hydrogen) atoms. The van der Waals surface area contributed by atoms with Crippen molar-refractivity contribution in [3.05, 3.63) is 41.8 Å². The van der Waals surface area contributed by atoms with Crippen molar-refractivity contribution in [2.75, 3.05) is 6.61 Å². The molecule has 0 bridgehead atoms. The smallest absolute Gasteiger partial charge is 0.329 e. The van der Waals surface area contributed by atoms with Gasteiger partial charge < -0.3 is 19.4 Å². The summed E-state index contributed by atoms with van der Waals surface area (Å²) in [7, 11) is 0. The van der Waals surface area contributed by atoms with Gasteiger partial charge in [-0.15, -0.1) is 0 Å². The zero-order valence-corrected chi connectivity index (χ0v) is 10.9. The number of nitrogens with zero attached hydrogens (tertiary/aromatic N) is 3. The molecule has 2 aromatic heterocycles. The minimum atomic E-state index is -1.04. The molecule has 0 radical (unpaired) electrons. The average molecular weight is 288 g/mol. The van der Waals surface area contributed by atoms with Gasteiger partial charge in [0.05, 0.1) is 17.5 Å². The van der Waals surface area contributed by atoms with E-state index in [1.54, 1.807) is 0 Å². The van der Waals surface area contributed by atoms with Gasteiger partial charge in [-0.05, 0) is 12.1 Å². The highest BCUT2D eigenvalue weighted by Gasteiger charge is 2.10. The number of carbonyl (C=O) groups is 1. The van der Waals surface area contributed by atoms with Crippen LogP contribution in [-0.4, -0.2) is 37.8 Å². The van der Waals surface area contributed by atoms with E-state index in [1.165, 1.54) is 0 Å². The summed E-state index contributed by atoms with van der Waals surface area (Å²) in [6.07, 6.45) is 0.400. The molecule has 2 heterocycles. The molecule has 8 heteroatoms. The number of rotatable bonds is 6. The van der Waals surface area contributed by atoms with Crippen molar-refractivity contribution >= 4 is 17.0 Å². The maximum Gasteiger partial charge on any atom is 0.329 e. The van der Waals surface area contributed by atoms with Crippen LogP contribution in [0.5, 0.6) is 0 Å². The van der Waals surface area contributed by atoms with Crippen LogP contribution in [0.2, 0.25) is 0 Å². The van der Waals surface area contributed by atoms with E-state index in [4.69, 9.17) is 14.4 Å². The van der Waals surface area contributed by atoms with Gasteiger partial charge in [-0.25, -0.2) is 9.78 Å². The molecule has 0 fully saturated rings. The molecule has 3 rings (SSSR count). The highest BCUT2D eigenvalue weighted by Crippen LogP contribution is 2.12. The third-order valence-electron chi connectivity index (χ3n) is 2.73. The van der Waals surface area contributed by atoms with Gasteiger partial charge in [-0.1, -0.05) is 17.3 Å². The Kier molecular flexibility index (Phi) is 3.61. The van der Waals surface area contributed by atoms with Gasteiger partial charge in [-0.3, -0.25) is 0 Å². The van der Waals surface area contributed by atoms with E-state index in [0.717, 1.165) is 16.9 Å². The zero-order valence-electron chi connectivity index (χ0n) is 10.9. The number of hydrogen-bond donors (Lipinski definition) is 2. The predicted octanol–water partition coefficient (Wildman–Crippen LogP) is 1.14. The summed E-state index contributed by atoms with van der Waals surface area (Å²) in [5.41, 5.74) is 1.82. The molecule has 2 N–H and O–H groups in total.